The zero-order chi connectivity index (χ0) is 36.9. The number of hydrazine groups is 2. The predicted octanol–water partition coefficient (Wildman–Crippen LogP) is 5.80. The molecule has 2 aliphatic rings. The quantitative estimate of drug-likeness (QED) is 0.219. The summed E-state index contributed by atoms with van der Waals surface area (Å²) >= 11 is 0.308. The topological polar surface area (TPSA) is 172 Å². The van der Waals surface area contributed by atoms with Crippen molar-refractivity contribution in [2.45, 2.75) is 85.5 Å². The molecule has 1 spiro atoms. The Morgan fingerprint density at radius 1 is 0.800 bits per heavy atom. The number of hydrogen-bond acceptors (Lipinski definition) is 12. The van der Waals surface area contributed by atoms with Crippen molar-refractivity contribution in [1.82, 2.24) is 19.9 Å². The number of amidine groups is 1. The van der Waals surface area contributed by atoms with E-state index in [0.717, 1.165) is 17.1 Å². The van der Waals surface area contributed by atoms with Gasteiger partial charge in [0.25, 0.3) is 5.66 Å². The lowest BCUT2D eigenvalue weighted by atomic mass is 9.97. The number of hydrazone groups is 1. The van der Waals surface area contributed by atoms with Gasteiger partial charge in [0.2, 0.25) is 5.17 Å². The molecule has 2 aliphatic heterocycles. The summed E-state index contributed by atoms with van der Waals surface area (Å²) < 4.78 is 36.2. The molecule has 18 heteroatoms. The van der Waals surface area contributed by atoms with Gasteiger partial charge in [0, 0.05) is 5.56 Å². The van der Waals surface area contributed by atoms with Gasteiger partial charge in [-0.05, 0) is 91.8 Å². The molecule has 16 nitrogen and oxygen atoms in total. The van der Waals surface area contributed by atoms with E-state index in [9.17, 15) is 28.4 Å². The van der Waals surface area contributed by atoms with Gasteiger partial charge in [0.15, 0.2) is 0 Å². The van der Waals surface area contributed by atoms with Gasteiger partial charge in [-0.2, -0.15) is 20.1 Å². The molecule has 2 aromatic carbocycles. The van der Waals surface area contributed by atoms with Crippen LogP contribution in [-0.2, 0) is 23.7 Å². The average molecular weight is 716 g/mol. The summed E-state index contributed by atoms with van der Waals surface area (Å²) in [5.74, 6) is -1.55. The number of rotatable bonds is 6. The van der Waals surface area contributed by atoms with Gasteiger partial charge < -0.3 is 18.9 Å². The van der Waals surface area contributed by atoms with Gasteiger partial charge in [-0.1, -0.05) is 18.2 Å². The minimum Gasteiger partial charge on any atom is -0.446 e. The fraction of sp³-hybridized carbons (Fsp3) is 0.406. The highest BCUT2D eigenvalue weighted by Crippen LogP contribution is 2.42. The Bertz CT molecular complexity index is 1670. The number of nitrogens with one attached hydrogen (secondary N) is 1. The number of aliphatic imine (C=N–C) groups is 1. The molecule has 0 fully saturated rings. The third-order valence-corrected chi connectivity index (χ3v) is 7.16. The van der Waals surface area contributed by atoms with Crippen molar-refractivity contribution < 1.29 is 47.3 Å². The summed E-state index contributed by atoms with van der Waals surface area (Å²) in [6.07, 6.45) is -7.43. The lowest BCUT2D eigenvalue weighted by Gasteiger charge is -2.35. The van der Waals surface area contributed by atoms with Gasteiger partial charge in [0.1, 0.15) is 11.5 Å². The molecule has 0 saturated carbocycles. The second-order valence-corrected chi connectivity index (χ2v) is 12.8. The van der Waals surface area contributed by atoms with Crippen LogP contribution in [0, 0.1) is 5.82 Å². The fourth-order valence-corrected chi connectivity index (χ4v) is 5.33. The number of benzene rings is 2. The number of hydrogen-bond donors (Lipinski definition) is 1. The van der Waals surface area contributed by atoms with Crippen LogP contribution in [0.5, 0.6) is 0 Å². The summed E-state index contributed by atoms with van der Waals surface area (Å²) in [5.41, 5.74) is -0.118. The minimum absolute atomic E-state index is 0.141. The Morgan fingerprint density at radius 3 is 1.92 bits per heavy atom. The Balaban J connectivity index is 2.00. The maximum absolute atomic E-state index is 14.8. The number of halogens is 1. The van der Waals surface area contributed by atoms with Crippen LogP contribution in [0.1, 0.15) is 61.0 Å². The first-order valence-electron chi connectivity index (χ1n) is 15.6. The first-order valence-corrected chi connectivity index (χ1v) is 16.3. The normalized spacial score (nSPS) is 17.1. The van der Waals surface area contributed by atoms with Crippen molar-refractivity contribution in [1.29, 1.82) is 0 Å². The van der Waals surface area contributed by atoms with Crippen LogP contribution in [0.4, 0.5) is 29.3 Å². The third kappa shape index (κ3) is 8.07. The van der Waals surface area contributed by atoms with Gasteiger partial charge in [-0.25, -0.2) is 34.0 Å². The molecule has 1 atom stereocenters. The van der Waals surface area contributed by atoms with E-state index in [-0.39, 0.29) is 17.0 Å². The van der Waals surface area contributed by atoms with E-state index in [1.807, 2.05) is 0 Å². The van der Waals surface area contributed by atoms with E-state index in [1.165, 1.54) is 12.1 Å². The Morgan fingerprint density at radius 2 is 1.36 bits per heavy atom. The smallest absolute Gasteiger partial charge is 0.440 e. The summed E-state index contributed by atoms with van der Waals surface area (Å²) in [7, 11) is 0. The SMILES string of the molecule is CC(C)OC(=O)NN(SC1=NC2(C(=O)N(c3ccccc3)N=C2c2ccc(F)cc2)N(C(=O)OC(C)C)N1C(=O)OC(C)C)C(=O)OC(C)C. The molecule has 1 unspecified atom stereocenters. The molecule has 0 radical (unpaired) electrons. The first kappa shape index (κ1) is 37.4. The minimum atomic E-state index is -2.54. The molecule has 0 aliphatic carbocycles. The molecule has 2 aromatic rings. The van der Waals surface area contributed by atoms with Crippen LogP contribution in [0.2, 0.25) is 0 Å². The van der Waals surface area contributed by atoms with E-state index in [4.69, 9.17) is 18.9 Å². The Labute approximate surface area is 292 Å². The van der Waals surface area contributed by atoms with Crippen LogP contribution in [0.25, 0.3) is 0 Å². The van der Waals surface area contributed by atoms with Crippen molar-refractivity contribution in [3.63, 3.8) is 0 Å². The Kier molecular flexibility index (Phi) is 11.6. The van der Waals surface area contributed by atoms with Crippen LogP contribution in [0.3, 0.4) is 0 Å². The molecule has 0 saturated heterocycles. The molecule has 0 bridgehead atoms. The number of para-hydroxylation sites is 1. The van der Waals surface area contributed by atoms with E-state index in [1.54, 1.807) is 85.7 Å². The largest absolute Gasteiger partial charge is 0.446 e. The number of ether oxygens (including phenoxy) is 4. The highest BCUT2D eigenvalue weighted by Gasteiger charge is 2.67. The summed E-state index contributed by atoms with van der Waals surface area (Å²) in [5, 5.41) is 6.21. The van der Waals surface area contributed by atoms with Crippen LogP contribution >= 0.6 is 11.9 Å². The second kappa shape index (κ2) is 15.4. The molecule has 50 heavy (non-hydrogen) atoms. The summed E-state index contributed by atoms with van der Waals surface area (Å²) in [6.45, 7) is 12.5. The van der Waals surface area contributed by atoms with Crippen molar-refractivity contribution in [3.8, 4) is 0 Å². The molecule has 1 N–H and O–H groups in total. The highest BCUT2D eigenvalue weighted by atomic mass is 32.2. The lowest BCUT2D eigenvalue weighted by Crippen LogP contribution is -2.64. The van der Waals surface area contributed by atoms with Gasteiger partial charge >= 0.3 is 30.3 Å². The van der Waals surface area contributed by atoms with E-state index >= 15 is 0 Å². The zero-order valence-corrected chi connectivity index (χ0v) is 29.5. The number of anilines is 1. The standard InChI is InChI=1S/C32H38FN7O9S/c1-18(2)46-28(42)36-40(31(45)49-21(7)8)50-27-34-32(39(30(44)48-20(5)6)38(27)29(43)47-19(3)4)25(22-14-16-23(33)17-15-22)35-37(26(32)41)24-12-10-9-11-13-24/h9-21H,1-8H3,(H,36,42). The lowest BCUT2D eigenvalue weighted by molar-refractivity contribution is -0.128. The average Bonchev–Trinajstić information content (AvgIpc) is 3.50. The van der Waals surface area contributed by atoms with Gasteiger partial charge in [0.05, 0.1) is 42.1 Å². The highest BCUT2D eigenvalue weighted by molar-refractivity contribution is 8.12. The predicted molar refractivity (Wildman–Crippen MR) is 180 cm³/mol. The van der Waals surface area contributed by atoms with Crippen molar-refractivity contribution >= 4 is 58.8 Å². The van der Waals surface area contributed by atoms with Gasteiger partial charge in [-0.15, -0.1) is 4.41 Å². The first-order chi connectivity index (χ1) is 23.5. The fourth-order valence-electron chi connectivity index (χ4n) is 4.53. The Hall–Kier alpha value is -5.39. The van der Waals surface area contributed by atoms with Crippen molar-refractivity contribution in [3.05, 3.63) is 66.0 Å². The number of amides is 5. The summed E-state index contributed by atoms with van der Waals surface area (Å²) in [6, 6.07) is 13.0. The summed E-state index contributed by atoms with van der Waals surface area (Å²) in [4.78, 5) is 73.5. The molecular formula is C32H38FN7O9S. The maximum atomic E-state index is 14.8. The second-order valence-electron chi connectivity index (χ2n) is 11.8. The van der Waals surface area contributed by atoms with Crippen LogP contribution in [-0.4, -0.2) is 85.7 Å². The third-order valence-electron chi connectivity index (χ3n) is 6.31. The van der Waals surface area contributed by atoms with E-state index in [2.05, 4.69) is 15.5 Å². The molecule has 4 rings (SSSR count). The molecule has 0 aromatic heterocycles. The van der Waals surface area contributed by atoms with E-state index in [0.29, 0.717) is 26.4 Å². The van der Waals surface area contributed by atoms with Crippen LogP contribution < -0.4 is 10.4 Å². The van der Waals surface area contributed by atoms with E-state index < -0.39 is 71.3 Å². The maximum Gasteiger partial charge on any atom is 0.440 e. The number of nitrogens with zero attached hydrogens (tertiary/aromatic N) is 6. The number of carbonyl (C=O) groups is 5. The van der Waals surface area contributed by atoms with Crippen molar-refractivity contribution in [2.24, 2.45) is 10.1 Å². The van der Waals surface area contributed by atoms with Crippen molar-refractivity contribution in [2.75, 3.05) is 5.01 Å². The molecule has 5 amide bonds. The monoisotopic (exact) mass is 715 g/mol. The van der Waals surface area contributed by atoms with Gasteiger partial charge in [-0.3, -0.25) is 4.79 Å². The van der Waals surface area contributed by atoms with Crippen LogP contribution in [0.15, 0.2) is 64.7 Å². The number of carbonyl (C=O) groups excluding carboxylic acids is 5. The molecular weight excluding hydrogens is 677 g/mol. The molecule has 2 heterocycles. The zero-order valence-electron chi connectivity index (χ0n) is 28.6. The molecule has 268 valence electrons.